The van der Waals surface area contributed by atoms with Crippen LogP contribution in [0, 0.1) is 12.3 Å². The van der Waals surface area contributed by atoms with Crippen LogP contribution in [0.25, 0.3) is 10.9 Å². The maximum absolute atomic E-state index is 13.4. The van der Waals surface area contributed by atoms with Gasteiger partial charge in [-0.1, -0.05) is 35.8 Å². The standard InChI is InChI=1S/C21H28BrN3O/c1-13-11-16(14(2)22)18-17(12-13)19(26)25(15-5-6-15)20(23-18)24-9-7-21(3,4)8-10-24/h11-12,14-15H,5-10H2,1-4H3. The minimum atomic E-state index is 0.135. The van der Waals surface area contributed by atoms with E-state index in [9.17, 15) is 4.79 Å². The zero-order valence-electron chi connectivity index (χ0n) is 16.2. The number of hydrogen-bond acceptors (Lipinski definition) is 3. The van der Waals surface area contributed by atoms with Crippen LogP contribution in [0.4, 0.5) is 5.95 Å². The van der Waals surface area contributed by atoms with Gasteiger partial charge in [0.25, 0.3) is 5.56 Å². The number of alkyl halides is 1. The molecule has 1 aromatic heterocycles. The van der Waals surface area contributed by atoms with Gasteiger partial charge >= 0.3 is 0 Å². The van der Waals surface area contributed by atoms with Gasteiger partial charge in [0.05, 0.1) is 10.9 Å². The van der Waals surface area contributed by atoms with E-state index in [2.05, 4.69) is 54.6 Å². The minimum Gasteiger partial charge on any atom is -0.342 e. The van der Waals surface area contributed by atoms with Crippen molar-refractivity contribution in [2.24, 2.45) is 5.41 Å². The third-order valence-corrected chi connectivity index (χ3v) is 6.39. The van der Waals surface area contributed by atoms with E-state index in [4.69, 9.17) is 4.98 Å². The van der Waals surface area contributed by atoms with Crippen LogP contribution in [0.3, 0.4) is 0 Å². The van der Waals surface area contributed by atoms with Gasteiger partial charge in [0.1, 0.15) is 0 Å². The first-order chi connectivity index (χ1) is 12.3. The Bertz CT molecular complexity index is 902. The van der Waals surface area contributed by atoms with Gasteiger partial charge in [0.2, 0.25) is 5.95 Å². The van der Waals surface area contributed by atoms with Gasteiger partial charge in [-0.25, -0.2) is 4.98 Å². The summed E-state index contributed by atoms with van der Waals surface area (Å²) in [5, 5.41) is 0.763. The van der Waals surface area contributed by atoms with Gasteiger partial charge in [0, 0.05) is 24.0 Å². The van der Waals surface area contributed by atoms with E-state index in [0.29, 0.717) is 11.5 Å². The van der Waals surface area contributed by atoms with Crippen LogP contribution in [0.1, 0.15) is 68.5 Å². The molecule has 5 heteroatoms. The van der Waals surface area contributed by atoms with Crippen molar-refractivity contribution in [1.29, 1.82) is 0 Å². The number of aromatic nitrogens is 2. The molecular weight excluding hydrogens is 390 g/mol. The van der Waals surface area contributed by atoms with Crippen LogP contribution in [-0.2, 0) is 0 Å². The second-order valence-electron chi connectivity index (χ2n) is 8.84. The van der Waals surface area contributed by atoms with Crippen molar-refractivity contribution in [1.82, 2.24) is 9.55 Å². The van der Waals surface area contributed by atoms with Crippen molar-refractivity contribution >= 4 is 32.8 Å². The lowest BCUT2D eigenvalue weighted by atomic mass is 9.83. The summed E-state index contributed by atoms with van der Waals surface area (Å²) in [6, 6.07) is 4.49. The summed E-state index contributed by atoms with van der Waals surface area (Å²) in [7, 11) is 0. The Kier molecular flexibility index (Phi) is 4.41. The second kappa shape index (κ2) is 6.36. The largest absolute Gasteiger partial charge is 0.342 e. The third-order valence-electron chi connectivity index (χ3n) is 5.90. The van der Waals surface area contributed by atoms with Gasteiger partial charge in [-0.2, -0.15) is 0 Å². The Labute approximate surface area is 163 Å². The summed E-state index contributed by atoms with van der Waals surface area (Å²) in [4.78, 5) is 21.0. The fourth-order valence-corrected chi connectivity index (χ4v) is 4.32. The average Bonchev–Trinajstić information content (AvgIpc) is 3.39. The van der Waals surface area contributed by atoms with Crippen LogP contribution in [0.2, 0.25) is 0 Å². The van der Waals surface area contributed by atoms with Crippen molar-refractivity contribution < 1.29 is 0 Å². The molecule has 2 aliphatic rings. The number of hydrogen-bond donors (Lipinski definition) is 0. The smallest absolute Gasteiger partial charge is 0.263 e. The Balaban J connectivity index is 1.91. The molecule has 4 nitrogen and oxygen atoms in total. The Morgan fingerprint density at radius 2 is 1.88 bits per heavy atom. The molecule has 1 atom stereocenters. The van der Waals surface area contributed by atoms with Gasteiger partial charge in [-0.15, -0.1) is 0 Å². The molecular formula is C21H28BrN3O. The van der Waals surface area contributed by atoms with Gasteiger partial charge in [-0.05, 0) is 62.1 Å². The maximum atomic E-state index is 13.4. The molecule has 26 heavy (non-hydrogen) atoms. The number of nitrogens with zero attached hydrogens (tertiary/aromatic N) is 3. The maximum Gasteiger partial charge on any atom is 0.263 e. The number of rotatable bonds is 3. The van der Waals surface area contributed by atoms with E-state index in [1.165, 1.54) is 0 Å². The van der Waals surface area contributed by atoms with Crippen LogP contribution in [-0.4, -0.2) is 22.6 Å². The Morgan fingerprint density at radius 3 is 2.46 bits per heavy atom. The number of anilines is 1. The number of fused-ring (bicyclic) bond motifs is 1. The van der Waals surface area contributed by atoms with Gasteiger partial charge in [0.15, 0.2) is 0 Å². The molecule has 0 N–H and O–H groups in total. The molecule has 2 fully saturated rings. The molecule has 0 bridgehead atoms. The quantitative estimate of drug-likeness (QED) is 0.650. The lowest BCUT2D eigenvalue weighted by Crippen LogP contribution is -2.41. The molecule has 2 heterocycles. The van der Waals surface area contributed by atoms with E-state index >= 15 is 0 Å². The van der Waals surface area contributed by atoms with Crippen molar-refractivity contribution in [3.8, 4) is 0 Å². The second-order valence-corrected chi connectivity index (χ2v) is 10.2. The van der Waals surface area contributed by atoms with Crippen LogP contribution < -0.4 is 10.5 Å². The SMILES string of the molecule is Cc1cc(C(C)Br)c2nc(N3CCC(C)(C)CC3)n(C3CC3)c(=O)c2c1. The summed E-state index contributed by atoms with van der Waals surface area (Å²) < 4.78 is 1.99. The number of piperidine rings is 1. The molecule has 1 saturated heterocycles. The molecule has 1 aromatic carbocycles. The highest BCUT2D eigenvalue weighted by molar-refractivity contribution is 9.09. The summed E-state index contributed by atoms with van der Waals surface area (Å²) in [5.74, 6) is 0.888. The van der Waals surface area contributed by atoms with Crippen molar-refractivity contribution in [2.75, 3.05) is 18.0 Å². The summed E-state index contributed by atoms with van der Waals surface area (Å²) in [6.45, 7) is 10.8. The van der Waals surface area contributed by atoms with Crippen molar-refractivity contribution in [2.45, 2.75) is 64.2 Å². The Hall–Kier alpha value is -1.36. The molecule has 1 aliphatic carbocycles. The number of halogens is 1. The fourth-order valence-electron chi connectivity index (χ4n) is 3.97. The van der Waals surface area contributed by atoms with E-state index in [-0.39, 0.29) is 10.4 Å². The number of aryl methyl sites for hydroxylation is 1. The monoisotopic (exact) mass is 417 g/mol. The van der Waals surface area contributed by atoms with E-state index in [1.807, 2.05) is 10.6 Å². The van der Waals surface area contributed by atoms with Crippen molar-refractivity contribution in [3.05, 3.63) is 33.6 Å². The lowest BCUT2D eigenvalue weighted by molar-refractivity contribution is 0.277. The first kappa shape index (κ1) is 18.0. The fraction of sp³-hybridized carbons (Fsp3) is 0.619. The molecule has 1 aliphatic heterocycles. The molecule has 0 spiro atoms. The zero-order valence-corrected chi connectivity index (χ0v) is 17.8. The van der Waals surface area contributed by atoms with Crippen LogP contribution in [0.15, 0.2) is 16.9 Å². The minimum absolute atomic E-state index is 0.135. The summed E-state index contributed by atoms with van der Waals surface area (Å²) in [6.07, 6.45) is 4.46. The normalized spacial score (nSPS) is 21.2. The van der Waals surface area contributed by atoms with E-state index < -0.39 is 0 Å². The van der Waals surface area contributed by atoms with Crippen molar-refractivity contribution in [3.63, 3.8) is 0 Å². The highest BCUT2D eigenvalue weighted by Gasteiger charge is 2.33. The highest BCUT2D eigenvalue weighted by Crippen LogP contribution is 2.39. The van der Waals surface area contributed by atoms with E-state index in [1.54, 1.807) is 0 Å². The average molecular weight is 418 g/mol. The third kappa shape index (κ3) is 3.19. The molecule has 4 rings (SSSR count). The Morgan fingerprint density at radius 1 is 1.23 bits per heavy atom. The molecule has 2 aromatic rings. The van der Waals surface area contributed by atoms with E-state index in [0.717, 1.165) is 66.8 Å². The summed E-state index contributed by atoms with van der Waals surface area (Å²) >= 11 is 3.70. The number of benzene rings is 1. The molecule has 140 valence electrons. The predicted molar refractivity (Wildman–Crippen MR) is 112 cm³/mol. The topological polar surface area (TPSA) is 38.1 Å². The first-order valence-corrected chi connectivity index (χ1v) is 10.6. The molecule has 0 amide bonds. The summed E-state index contributed by atoms with van der Waals surface area (Å²) in [5.41, 5.74) is 3.60. The predicted octanol–water partition coefficient (Wildman–Crippen LogP) is 5.12. The molecule has 1 saturated carbocycles. The van der Waals surface area contributed by atoms with Gasteiger partial charge < -0.3 is 4.90 Å². The highest BCUT2D eigenvalue weighted by atomic mass is 79.9. The van der Waals surface area contributed by atoms with Crippen LogP contribution >= 0.6 is 15.9 Å². The molecule has 0 radical (unpaired) electrons. The first-order valence-electron chi connectivity index (χ1n) is 9.73. The zero-order chi connectivity index (χ0) is 18.6. The lowest BCUT2D eigenvalue weighted by Gasteiger charge is -2.38. The van der Waals surface area contributed by atoms with Gasteiger partial charge in [-0.3, -0.25) is 9.36 Å². The van der Waals surface area contributed by atoms with Crippen LogP contribution in [0.5, 0.6) is 0 Å². The molecule has 1 unspecified atom stereocenters.